The number of benzene rings is 1. The summed E-state index contributed by atoms with van der Waals surface area (Å²) in [4.78, 5) is 21.9. The zero-order valence-electron chi connectivity index (χ0n) is 16.2. The van der Waals surface area contributed by atoms with Crippen molar-refractivity contribution in [1.82, 2.24) is 34.7 Å². The summed E-state index contributed by atoms with van der Waals surface area (Å²) >= 11 is 0. The molecule has 29 heavy (non-hydrogen) atoms. The van der Waals surface area contributed by atoms with Crippen molar-refractivity contribution >= 4 is 28.4 Å². The van der Waals surface area contributed by atoms with Crippen LogP contribution in [0.25, 0.3) is 27.9 Å². The van der Waals surface area contributed by atoms with Gasteiger partial charge in [-0.15, -0.1) is 5.10 Å². The highest BCUT2D eigenvalue weighted by molar-refractivity contribution is 5.93. The number of nitrogens with zero attached hydrogens (tertiary/aromatic N) is 6. The highest BCUT2D eigenvalue weighted by Crippen LogP contribution is 2.24. The quantitative estimate of drug-likeness (QED) is 0.554. The van der Waals surface area contributed by atoms with Crippen molar-refractivity contribution in [3.05, 3.63) is 36.7 Å². The van der Waals surface area contributed by atoms with Gasteiger partial charge in [0.1, 0.15) is 6.04 Å². The molecule has 148 valence electrons. The second-order valence-corrected chi connectivity index (χ2v) is 7.19. The zero-order valence-corrected chi connectivity index (χ0v) is 16.2. The number of anilines is 1. The van der Waals surface area contributed by atoms with Gasteiger partial charge in [0, 0.05) is 24.7 Å². The monoisotopic (exact) mass is 390 g/mol. The van der Waals surface area contributed by atoms with E-state index in [9.17, 15) is 4.79 Å². The molecule has 0 spiro atoms. The number of hydrogen-bond donors (Lipinski definition) is 2. The van der Waals surface area contributed by atoms with Crippen molar-refractivity contribution in [1.29, 1.82) is 0 Å². The molecule has 1 aliphatic heterocycles. The molecule has 4 heterocycles. The molecular weight excluding hydrogens is 368 g/mol. The van der Waals surface area contributed by atoms with Gasteiger partial charge < -0.3 is 10.6 Å². The van der Waals surface area contributed by atoms with Gasteiger partial charge in [-0.05, 0) is 38.3 Å². The van der Waals surface area contributed by atoms with Gasteiger partial charge in [-0.2, -0.15) is 9.61 Å². The van der Waals surface area contributed by atoms with Crippen LogP contribution in [0.2, 0.25) is 0 Å². The van der Waals surface area contributed by atoms with Gasteiger partial charge >= 0.3 is 0 Å². The molecule has 5 rings (SSSR count). The van der Waals surface area contributed by atoms with Crippen molar-refractivity contribution < 1.29 is 4.79 Å². The second-order valence-electron chi connectivity index (χ2n) is 7.19. The topological polar surface area (TPSA) is 102 Å². The molecule has 1 aromatic carbocycles. The number of amides is 1. The first kappa shape index (κ1) is 17.6. The van der Waals surface area contributed by atoms with Gasteiger partial charge in [-0.1, -0.05) is 12.1 Å². The standard InChI is InChI=1S/C20H22N8O/c1-2-27-12-13(11-22-27)17-25-18-14-7-3-4-8-15(14)23-20(28(18)26-17)24-16-9-5-6-10-21-19(16)29/h3-4,7-8,11-12,16H,2,5-6,9-10H2,1H3,(H,21,29)(H,23,24)/t16-/m1/s1. The van der Waals surface area contributed by atoms with E-state index in [-0.39, 0.29) is 11.9 Å². The van der Waals surface area contributed by atoms with E-state index in [0.29, 0.717) is 24.0 Å². The largest absolute Gasteiger partial charge is 0.354 e. The van der Waals surface area contributed by atoms with Crippen molar-refractivity contribution in [2.45, 2.75) is 38.8 Å². The Balaban J connectivity index is 1.64. The number of fused-ring (bicyclic) bond motifs is 3. The highest BCUT2D eigenvalue weighted by Gasteiger charge is 2.23. The van der Waals surface area contributed by atoms with E-state index in [1.807, 2.05) is 42.1 Å². The maximum absolute atomic E-state index is 12.4. The van der Waals surface area contributed by atoms with Gasteiger partial charge in [0.15, 0.2) is 11.5 Å². The van der Waals surface area contributed by atoms with Crippen molar-refractivity contribution in [3.8, 4) is 11.4 Å². The van der Waals surface area contributed by atoms with Gasteiger partial charge in [0.25, 0.3) is 0 Å². The fraction of sp³-hybridized carbons (Fsp3) is 0.350. The first-order chi connectivity index (χ1) is 14.2. The SMILES string of the molecule is CCn1cc(-c2nc3c4ccccc4nc(N[C@@H]4CCCCNC4=O)n3n2)cn1. The summed E-state index contributed by atoms with van der Waals surface area (Å²) in [5.74, 6) is 1.09. The number of hydrogen-bond acceptors (Lipinski definition) is 6. The first-order valence-corrected chi connectivity index (χ1v) is 9.95. The molecule has 0 radical (unpaired) electrons. The molecule has 0 saturated carbocycles. The smallest absolute Gasteiger partial charge is 0.242 e. The lowest BCUT2D eigenvalue weighted by Gasteiger charge is -2.16. The summed E-state index contributed by atoms with van der Waals surface area (Å²) < 4.78 is 3.53. The van der Waals surface area contributed by atoms with Gasteiger partial charge in [0.2, 0.25) is 11.9 Å². The lowest BCUT2D eigenvalue weighted by atomic mass is 10.1. The third-order valence-corrected chi connectivity index (χ3v) is 5.23. The Labute approximate surface area is 167 Å². The molecule has 2 N–H and O–H groups in total. The lowest BCUT2D eigenvalue weighted by Crippen LogP contribution is -2.38. The van der Waals surface area contributed by atoms with Gasteiger partial charge in [0.05, 0.1) is 17.3 Å². The lowest BCUT2D eigenvalue weighted by molar-refractivity contribution is -0.121. The van der Waals surface area contributed by atoms with E-state index in [0.717, 1.165) is 42.3 Å². The number of rotatable bonds is 4. The molecule has 3 aromatic heterocycles. The average Bonchev–Trinajstić information content (AvgIpc) is 3.35. The predicted molar refractivity (Wildman–Crippen MR) is 109 cm³/mol. The zero-order chi connectivity index (χ0) is 19.8. The minimum atomic E-state index is -0.343. The maximum Gasteiger partial charge on any atom is 0.242 e. The third-order valence-electron chi connectivity index (χ3n) is 5.23. The molecule has 0 unspecified atom stereocenters. The summed E-state index contributed by atoms with van der Waals surface area (Å²) in [6, 6.07) is 7.48. The summed E-state index contributed by atoms with van der Waals surface area (Å²) in [6.07, 6.45) is 6.41. The normalized spacial score (nSPS) is 17.4. The van der Waals surface area contributed by atoms with E-state index in [1.54, 1.807) is 10.7 Å². The van der Waals surface area contributed by atoms with Crippen LogP contribution in [0.15, 0.2) is 36.7 Å². The molecule has 4 aromatic rings. The van der Waals surface area contributed by atoms with Gasteiger partial charge in [-0.3, -0.25) is 9.48 Å². The number of para-hydroxylation sites is 1. The van der Waals surface area contributed by atoms with Crippen LogP contribution in [0, 0.1) is 0 Å². The van der Waals surface area contributed by atoms with E-state index in [4.69, 9.17) is 15.1 Å². The molecule has 0 bridgehead atoms. The second kappa shape index (κ2) is 7.16. The summed E-state index contributed by atoms with van der Waals surface area (Å²) in [6.45, 7) is 3.53. The van der Waals surface area contributed by atoms with E-state index in [1.165, 1.54) is 0 Å². The minimum absolute atomic E-state index is 0.00447. The molecular formula is C20H22N8O. The van der Waals surface area contributed by atoms with E-state index >= 15 is 0 Å². The third kappa shape index (κ3) is 3.18. The highest BCUT2D eigenvalue weighted by atomic mass is 16.2. The van der Waals surface area contributed by atoms with Crippen molar-refractivity contribution in [2.24, 2.45) is 0 Å². The minimum Gasteiger partial charge on any atom is -0.354 e. The van der Waals surface area contributed by atoms with E-state index < -0.39 is 0 Å². The van der Waals surface area contributed by atoms with Crippen molar-refractivity contribution in [3.63, 3.8) is 0 Å². The molecule has 1 amide bonds. The predicted octanol–water partition coefficient (Wildman–Crippen LogP) is 2.24. The van der Waals surface area contributed by atoms with Crippen LogP contribution < -0.4 is 10.6 Å². The molecule has 1 saturated heterocycles. The molecule has 0 aliphatic carbocycles. The van der Waals surface area contributed by atoms with Crippen LogP contribution in [0.1, 0.15) is 26.2 Å². The molecule has 1 aliphatic rings. The Morgan fingerprint density at radius 3 is 3.00 bits per heavy atom. The molecule has 1 atom stereocenters. The molecule has 9 nitrogen and oxygen atoms in total. The van der Waals surface area contributed by atoms with Crippen LogP contribution in [-0.2, 0) is 11.3 Å². The number of carbonyl (C=O) groups is 1. The Kier molecular flexibility index (Phi) is 4.34. The van der Waals surface area contributed by atoms with Crippen LogP contribution in [0.3, 0.4) is 0 Å². The fourth-order valence-corrected chi connectivity index (χ4v) is 3.66. The van der Waals surface area contributed by atoms with Crippen LogP contribution in [-0.4, -0.2) is 47.9 Å². The summed E-state index contributed by atoms with van der Waals surface area (Å²) in [7, 11) is 0. The number of nitrogens with one attached hydrogen (secondary N) is 2. The Hall–Kier alpha value is -3.49. The summed E-state index contributed by atoms with van der Waals surface area (Å²) in [5, 5.41) is 16.2. The number of aryl methyl sites for hydroxylation is 1. The number of carbonyl (C=O) groups excluding carboxylic acids is 1. The fourth-order valence-electron chi connectivity index (χ4n) is 3.66. The number of aromatic nitrogens is 6. The van der Waals surface area contributed by atoms with Gasteiger partial charge in [-0.25, -0.2) is 9.97 Å². The average molecular weight is 390 g/mol. The Bertz CT molecular complexity index is 1190. The summed E-state index contributed by atoms with van der Waals surface area (Å²) in [5.41, 5.74) is 2.35. The van der Waals surface area contributed by atoms with Crippen molar-refractivity contribution in [2.75, 3.05) is 11.9 Å². The van der Waals surface area contributed by atoms with Crippen LogP contribution in [0.5, 0.6) is 0 Å². The maximum atomic E-state index is 12.4. The van der Waals surface area contributed by atoms with E-state index in [2.05, 4.69) is 15.7 Å². The first-order valence-electron chi connectivity index (χ1n) is 9.95. The van der Waals surface area contributed by atoms with Crippen LogP contribution in [0.4, 0.5) is 5.95 Å². The Morgan fingerprint density at radius 1 is 1.24 bits per heavy atom. The Morgan fingerprint density at radius 2 is 2.14 bits per heavy atom. The molecule has 1 fully saturated rings. The van der Waals surface area contributed by atoms with Crippen LogP contribution >= 0.6 is 0 Å². The molecule has 9 heteroatoms.